The van der Waals surface area contributed by atoms with E-state index in [9.17, 15) is 12.8 Å². The van der Waals surface area contributed by atoms with Crippen LogP contribution in [0.15, 0.2) is 46.3 Å². The number of aromatic nitrogens is 1. The molecular formula is C11H9ClFN2O3S+. The molecule has 0 radical (unpaired) electrons. The standard InChI is InChI=1S/C11H8ClFN2O3S/c12-9-2-1-7(5-10(9)15-16)19(17,18)8-3-4-14-11(13)6-8/h1-6,15-16H/p+1. The normalized spacial score (nSPS) is 11.5. The molecule has 1 heterocycles. The monoisotopic (exact) mass is 303 g/mol. The van der Waals surface area contributed by atoms with E-state index >= 15 is 0 Å². The lowest BCUT2D eigenvalue weighted by atomic mass is 10.3. The van der Waals surface area contributed by atoms with E-state index in [0.29, 0.717) is 5.48 Å². The van der Waals surface area contributed by atoms with Crippen molar-refractivity contribution in [3.8, 4) is 0 Å². The van der Waals surface area contributed by atoms with Crippen molar-refractivity contribution in [2.75, 3.05) is 0 Å². The molecule has 100 valence electrons. The number of rotatable bonds is 3. The predicted octanol–water partition coefficient (Wildman–Crippen LogP) is 1.29. The number of halogens is 2. The summed E-state index contributed by atoms with van der Waals surface area (Å²) >= 11 is 5.76. The Morgan fingerprint density at radius 1 is 1.21 bits per heavy atom. The first-order valence-corrected chi connectivity index (χ1v) is 6.95. The van der Waals surface area contributed by atoms with E-state index in [1.165, 1.54) is 24.3 Å². The minimum Gasteiger partial charge on any atom is -0.228 e. The zero-order chi connectivity index (χ0) is 14.0. The van der Waals surface area contributed by atoms with Crippen LogP contribution in [0.25, 0.3) is 0 Å². The Labute approximate surface area is 113 Å². The van der Waals surface area contributed by atoms with E-state index in [-0.39, 0.29) is 20.5 Å². The highest BCUT2D eigenvalue weighted by molar-refractivity contribution is 7.91. The molecule has 0 aliphatic heterocycles. The van der Waals surface area contributed by atoms with Crippen molar-refractivity contribution in [3.63, 3.8) is 0 Å². The van der Waals surface area contributed by atoms with E-state index < -0.39 is 15.8 Å². The molecule has 0 saturated carbocycles. The van der Waals surface area contributed by atoms with Crippen LogP contribution in [0, 0.1) is 5.95 Å². The summed E-state index contributed by atoms with van der Waals surface area (Å²) in [6.45, 7) is 0. The van der Waals surface area contributed by atoms with E-state index in [0.717, 1.165) is 12.3 Å². The van der Waals surface area contributed by atoms with E-state index in [4.69, 9.17) is 16.8 Å². The summed E-state index contributed by atoms with van der Waals surface area (Å²) in [4.78, 5) is 2.99. The minimum atomic E-state index is -3.88. The van der Waals surface area contributed by atoms with Crippen molar-refractivity contribution in [2.24, 2.45) is 0 Å². The highest BCUT2D eigenvalue weighted by Crippen LogP contribution is 2.26. The first-order valence-electron chi connectivity index (χ1n) is 5.09. The maximum atomic E-state index is 13.0. The average Bonchev–Trinajstić information content (AvgIpc) is 2.39. The van der Waals surface area contributed by atoms with Gasteiger partial charge in [0.05, 0.1) is 9.79 Å². The van der Waals surface area contributed by atoms with Crippen LogP contribution in [0.3, 0.4) is 0 Å². The first-order chi connectivity index (χ1) is 8.95. The molecule has 5 nitrogen and oxygen atoms in total. The molecule has 1 aromatic heterocycles. The highest BCUT2D eigenvalue weighted by Gasteiger charge is 2.20. The van der Waals surface area contributed by atoms with Gasteiger partial charge in [-0.3, -0.25) is 0 Å². The molecule has 0 amide bonds. The second-order valence-electron chi connectivity index (χ2n) is 3.63. The summed E-state index contributed by atoms with van der Waals surface area (Å²) in [7, 11) is -3.88. The molecule has 8 heteroatoms. The molecule has 0 saturated heterocycles. The van der Waals surface area contributed by atoms with Gasteiger partial charge in [-0.15, -0.1) is 0 Å². The lowest BCUT2D eigenvalue weighted by Gasteiger charge is -2.05. The van der Waals surface area contributed by atoms with Gasteiger partial charge in [-0.05, 0) is 18.2 Å². The average molecular weight is 304 g/mol. The fraction of sp³-hybridized carbons (Fsp3) is 0. The maximum Gasteiger partial charge on any atom is 0.214 e. The van der Waals surface area contributed by atoms with E-state index in [1.54, 1.807) is 0 Å². The summed E-state index contributed by atoms with van der Waals surface area (Å²) in [5.41, 5.74) is 0.867. The molecule has 0 unspecified atom stereocenters. The van der Waals surface area contributed by atoms with Gasteiger partial charge < -0.3 is 0 Å². The number of sulfone groups is 1. The topological polar surface area (TPSA) is 83.9 Å². The molecule has 0 fully saturated rings. The van der Waals surface area contributed by atoms with Crippen LogP contribution >= 0.6 is 11.6 Å². The van der Waals surface area contributed by atoms with E-state index in [2.05, 4.69) is 4.98 Å². The molecule has 0 spiro atoms. The van der Waals surface area contributed by atoms with Gasteiger partial charge in [-0.25, -0.2) is 18.6 Å². The molecule has 3 N–H and O–H groups in total. The van der Waals surface area contributed by atoms with Crippen molar-refractivity contribution < 1.29 is 23.5 Å². The Morgan fingerprint density at radius 2 is 1.89 bits per heavy atom. The van der Waals surface area contributed by atoms with Crippen LogP contribution in [0.2, 0.25) is 5.02 Å². The van der Waals surface area contributed by atoms with Crippen LogP contribution in [-0.2, 0) is 9.84 Å². The van der Waals surface area contributed by atoms with Crippen LogP contribution in [0.1, 0.15) is 0 Å². The van der Waals surface area contributed by atoms with Crippen molar-refractivity contribution >= 4 is 27.1 Å². The lowest BCUT2D eigenvalue weighted by Crippen LogP contribution is -2.73. The van der Waals surface area contributed by atoms with Gasteiger partial charge >= 0.3 is 0 Å². The molecule has 1 aromatic carbocycles. The Balaban J connectivity index is 2.57. The smallest absolute Gasteiger partial charge is 0.214 e. The number of pyridine rings is 1. The fourth-order valence-electron chi connectivity index (χ4n) is 1.48. The van der Waals surface area contributed by atoms with Gasteiger partial charge in [0.2, 0.25) is 15.8 Å². The van der Waals surface area contributed by atoms with E-state index in [1.807, 2.05) is 0 Å². The van der Waals surface area contributed by atoms with Crippen LogP contribution < -0.4 is 5.48 Å². The summed E-state index contributed by atoms with van der Waals surface area (Å²) in [6, 6.07) is 5.84. The number of hydrogen-bond donors (Lipinski definition) is 2. The third kappa shape index (κ3) is 2.74. The lowest BCUT2D eigenvalue weighted by molar-refractivity contribution is -0.825. The second-order valence-corrected chi connectivity index (χ2v) is 5.99. The molecule has 0 aliphatic rings. The van der Waals surface area contributed by atoms with Crippen molar-refractivity contribution in [2.45, 2.75) is 9.79 Å². The fourth-order valence-corrected chi connectivity index (χ4v) is 2.94. The Morgan fingerprint density at radius 3 is 2.53 bits per heavy atom. The summed E-state index contributed by atoms with van der Waals surface area (Å²) < 4.78 is 37.4. The summed E-state index contributed by atoms with van der Waals surface area (Å²) in [5, 5.41) is 9.16. The molecule has 2 aromatic rings. The third-order valence-corrected chi connectivity index (χ3v) is 4.52. The number of nitrogens with two attached hydrogens (primary N) is 1. The second kappa shape index (κ2) is 5.22. The zero-order valence-electron chi connectivity index (χ0n) is 9.42. The predicted molar refractivity (Wildman–Crippen MR) is 64.5 cm³/mol. The molecular weight excluding hydrogens is 295 g/mol. The zero-order valence-corrected chi connectivity index (χ0v) is 11.0. The molecule has 0 aliphatic carbocycles. The number of hydrogen-bond acceptors (Lipinski definition) is 4. The van der Waals surface area contributed by atoms with Gasteiger partial charge in [0, 0.05) is 18.3 Å². The molecule has 0 bridgehead atoms. The van der Waals surface area contributed by atoms with Crippen LogP contribution in [0.5, 0.6) is 0 Å². The first kappa shape index (κ1) is 13.9. The Kier molecular flexibility index (Phi) is 3.81. The van der Waals surface area contributed by atoms with Gasteiger partial charge in [0.1, 0.15) is 5.02 Å². The van der Waals surface area contributed by atoms with Crippen LogP contribution in [0.4, 0.5) is 10.1 Å². The maximum absolute atomic E-state index is 13.0. The Hall–Kier alpha value is -1.54. The molecule has 0 atom stereocenters. The molecule has 2 rings (SSSR count). The third-order valence-electron chi connectivity index (χ3n) is 2.43. The van der Waals surface area contributed by atoms with Gasteiger partial charge in [0.25, 0.3) is 0 Å². The van der Waals surface area contributed by atoms with Crippen molar-refractivity contribution in [1.29, 1.82) is 0 Å². The quantitative estimate of drug-likeness (QED) is 0.508. The van der Waals surface area contributed by atoms with Crippen molar-refractivity contribution in [1.82, 2.24) is 4.98 Å². The van der Waals surface area contributed by atoms with Gasteiger partial charge in [0.15, 0.2) is 5.69 Å². The number of quaternary nitrogens is 1. The Bertz CT molecular complexity index is 722. The summed E-state index contributed by atoms with van der Waals surface area (Å²) in [6.07, 6.45) is 1.07. The minimum absolute atomic E-state index is 0.0946. The van der Waals surface area contributed by atoms with Crippen LogP contribution in [-0.4, -0.2) is 18.6 Å². The van der Waals surface area contributed by atoms with Crippen molar-refractivity contribution in [3.05, 3.63) is 47.5 Å². The SMILES string of the molecule is O=S(=O)(c1ccnc(F)c1)c1ccc(Cl)c([NH2+]O)c1. The molecule has 19 heavy (non-hydrogen) atoms. The largest absolute Gasteiger partial charge is 0.228 e. The highest BCUT2D eigenvalue weighted by atomic mass is 35.5. The van der Waals surface area contributed by atoms with Gasteiger partial charge in [-0.2, -0.15) is 9.87 Å². The number of nitrogens with zero attached hydrogens (tertiary/aromatic N) is 1. The summed E-state index contributed by atoms with van der Waals surface area (Å²) in [5.74, 6) is -0.885. The van der Waals surface area contributed by atoms with Gasteiger partial charge in [-0.1, -0.05) is 11.6 Å². The number of benzene rings is 1.